The van der Waals surface area contributed by atoms with Crippen molar-refractivity contribution in [2.75, 3.05) is 5.32 Å². The second-order valence-corrected chi connectivity index (χ2v) is 8.33. The van der Waals surface area contributed by atoms with E-state index in [1.807, 2.05) is 27.7 Å². The molecular formula is C16H20BrF3N2O4. The largest absolute Gasteiger partial charge is 0.573 e. The number of nitrogens with one attached hydrogen (secondary N) is 1. The van der Waals surface area contributed by atoms with Gasteiger partial charge in [0.25, 0.3) is 5.69 Å². The second-order valence-electron chi connectivity index (χ2n) is 7.48. The van der Waals surface area contributed by atoms with Crippen LogP contribution in [0.4, 0.5) is 24.5 Å². The Balaban J connectivity index is 2.37. The molecule has 0 amide bonds. The van der Waals surface area contributed by atoms with E-state index in [1.54, 1.807) is 0 Å². The number of benzene rings is 1. The number of hydrogen-bond donors (Lipinski definition) is 1. The molecule has 1 aromatic rings. The van der Waals surface area contributed by atoms with Gasteiger partial charge in [0.05, 0.1) is 20.6 Å². The molecule has 6 nitrogen and oxygen atoms in total. The summed E-state index contributed by atoms with van der Waals surface area (Å²) >= 11 is 2.89. The average Bonchev–Trinajstić information content (AvgIpc) is 2.36. The summed E-state index contributed by atoms with van der Waals surface area (Å²) in [7, 11) is 0. The summed E-state index contributed by atoms with van der Waals surface area (Å²) in [5, 5.41) is 14.3. The lowest BCUT2D eigenvalue weighted by atomic mass is 9.85. The Kier molecular flexibility index (Phi) is 5.49. The van der Waals surface area contributed by atoms with Crippen molar-refractivity contribution >= 4 is 27.3 Å². The number of hydrogen-bond acceptors (Lipinski definition) is 5. The summed E-state index contributed by atoms with van der Waals surface area (Å²) in [5.41, 5.74) is -1.33. The monoisotopic (exact) mass is 440 g/mol. The topological polar surface area (TPSA) is 73.6 Å². The zero-order valence-electron chi connectivity index (χ0n) is 14.7. The first-order valence-electron chi connectivity index (χ1n) is 7.88. The van der Waals surface area contributed by atoms with E-state index in [0.29, 0.717) is 12.8 Å². The van der Waals surface area contributed by atoms with Crippen LogP contribution in [-0.4, -0.2) is 28.5 Å². The predicted molar refractivity (Wildman–Crippen MR) is 93.4 cm³/mol. The van der Waals surface area contributed by atoms with Gasteiger partial charge in [0.15, 0.2) is 0 Å². The van der Waals surface area contributed by atoms with Crippen molar-refractivity contribution in [1.29, 1.82) is 0 Å². The van der Waals surface area contributed by atoms with E-state index in [-0.39, 0.29) is 21.9 Å². The van der Waals surface area contributed by atoms with Crippen molar-refractivity contribution in [2.45, 2.75) is 64.1 Å². The first kappa shape index (κ1) is 20.8. The number of rotatable bonds is 4. The molecule has 1 saturated heterocycles. The van der Waals surface area contributed by atoms with Crippen molar-refractivity contribution in [3.05, 3.63) is 26.7 Å². The van der Waals surface area contributed by atoms with Crippen molar-refractivity contribution in [3.63, 3.8) is 0 Å². The second kappa shape index (κ2) is 6.88. The predicted octanol–water partition coefficient (Wildman–Crippen LogP) is 5.40. The van der Waals surface area contributed by atoms with Gasteiger partial charge in [0.2, 0.25) is 0 Å². The third-order valence-corrected chi connectivity index (χ3v) is 4.48. The molecule has 1 heterocycles. The average molecular weight is 441 g/mol. The van der Waals surface area contributed by atoms with Crippen LogP contribution in [0.15, 0.2) is 16.6 Å². The van der Waals surface area contributed by atoms with Gasteiger partial charge in [-0.3, -0.25) is 10.1 Å². The number of anilines is 1. The molecule has 1 aliphatic rings. The Bertz CT molecular complexity index is 691. The number of nitro groups is 1. The molecule has 0 aliphatic carbocycles. The van der Waals surface area contributed by atoms with Gasteiger partial charge in [0, 0.05) is 18.2 Å². The lowest BCUT2D eigenvalue weighted by molar-refractivity contribution is -0.384. The minimum Gasteiger partial charge on any atom is -0.404 e. The van der Waals surface area contributed by atoms with Crippen LogP contribution in [0.25, 0.3) is 0 Å². The molecule has 1 aromatic carbocycles. The maximum absolute atomic E-state index is 12.6. The molecule has 0 atom stereocenters. The molecule has 10 heteroatoms. The van der Waals surface area contributed by atoms with E-state index < -0.39 is 28.2 Å². The Morgan fingerprint density at radius 2 is 1.81 bits per heavy atom. The van der Waals surface area contributed by atoms with Crippen LogP contribution in [0.3, 0.4) is 0 Å². The van der Waals surface area contributed by atoms with Gasteiger partial charge < -0.3 is 14.8 Å². The van der Waals surface area contributed by atoms with E-state index in [1.165, 1.54) is 0 Å². The van der Waals surface area contributed by atoms with E-state index in [2.05, 4.69) is 26.0 Å². The van der Waals surface area contributed by atoms with E-state index >= 15 is 0 Å². The smallest absolute Gasteiger partial charge is 0.404 e. The number of alkyl halides is 3. The highest BCUT2D eigenvalue weighted by molar-refractivity contribution is 9.10. The van der Waals surface area contributed by atoms with Crippen molar-refractivity contribution in [3.8, 4) is 5.75 Å². The summed E-state index contributed by atoms with van der Waals surface area (Å²) in [4.78, 5) is 10.7. The minimum atomic E-state index is -4.90. The Labute approximate surface area is 157 Å². The summed E-state index contributed by atoms with van der Waals surface area (Å²) in [6.45, 7) is 7.60. The molecule has 1 aliphatic heterocycles. The zero-order valence-corrected chi connectivity index (χ0v) is 16.3. The fraction of sp³-hybridized carbons (Fsp3) is 0.625. The van der Waals surface area contributed by atoms with Gasteiger partial charge in [-0.25, -0.2) is 0 Å². The Morgan fingerprint density at radius 1 is 1.27 bits per heavy atom. The zero-order chi connectivity index (χ0) is 19.9. The summed E-state index contributed by atoms with van der Waals surface area (Å²) in [5.74, 6) is -0.545. The van der Waals surface area contributed by atoms with Gasteiger partial charge in [-0.1, -0.05) is 0 Å². The molecule has 0 aromatic heterocycles. The molecule has 146 valence electrons. The standard InChI is InChI=1S/C16H20BrF3N2O4/c1-14(2)7-9(8-15(3,4)26-14)21-11-6-13(25-16(18,19)20)10(17)5-12(11)22(23)24/h5-6,9,21H,7-8H2,1-4H3. The van der Waals surface area contributed by atoms with Gasteiger partial charge in [-0.05, 0) is 56.5 Å². The lowest BCUT2D eigenvalue weighted by Crippen LogP contribution is -2.49. The fourth-order valence-corrected chi connectivity index (χ4v) is 3.84. The summed E-state index contributed by atoms with van der Waals surface area (Å²) in [6.07, 6.45) is -3.82. The third kappa shape index (κ3) is 5.47. The van der Waals surface area contributed by atoms with Gasteiger partial charge in [-0.2, -0.15) is 0 Å². The summed E-state index contributed by atoms with van der Waals surface area (Å²) < 4.78 is 47.4. The quantitative estimate of drug-likeness (QED) is 0.500. The molecule has 1 N–H and O–H groups in total. The van der Waals surface area contributed by atoms with Gasteiger partial charge in [-0.15, -0.1) is 13.2 Å². The highest BCUT2D eigenvalue weighted by Gasteiger charge is 2.40. The molecule has 0 bridgehead atoms. The first-order valence-corrected chi connectivity index (χ1v) is 8.67. The van der Waals surface area contributed by atoms with Crippen LogP contribution < -0.4 is 10.1 Å². The van der Waals surface area contributed by atoms with E-state index in [0.717, 1.165) is 12.1 Å². The maximum atomic E-state index is 12.6. The number of ether oxygens (including phenoxy) is 2. The molecule has 26 heavy (non-hydrogen) atoms. The maximum Gasteiger partial charge on any atom is 0.573 e. The Hall–Kier alpha value is -1.55. The third-order valence-electron chi connectivity index (χ3n) is 3.86. The fourth-order valence-electron chi connectivity index (χ4n) is 3.42. The molecule has 0 spiro atoms. The molecule has 0 radical (unpaired) electrons. The van der Waals surface area contributed by atoms with Crippen LogP contribution in [0.1, 0.15) is 40.5 Å². The van der Waals surface area contributed by atoms with E-state index in [4.69, 9.17) is 4.74 Å². The molecular weight excluding hydrogens is 421 g/mol. The Morgan fingerprint density at radius 3 is 2.27 bits per heavy atom. The highest BCUT2D eigenvalue weighted by Crippen LogP contribution is 2.41. The summed E-state index contributed by atoms with van der Waals surface area (Å²) in [6, 6.07) is 1.77. The van der Waals surface area contributed by atoms with Crippen LogP contribution in [-0.2, 0) is 4.74 Å². The van der Waals surface area contributed by atoms with Crippen molar-refractivity contribution in [2.24, 2.45) is 0 Å². The first-order chi connectivity index (χ1) is 11.7. The number of nitrogens with zero attached hydrogens (tertiary/aromatic N) is 1. The van der Waals surface area contributed by atoms with Gasteiger partial charge >= 0.3 is 6.36 Å². The minimum absolute atomic E-state index is 0.0315. The van der Waals surface area contributed by atoms with Crippen LogP contribution >= 0.6 is 15.9 Å². The number of halogens is 4. The van der Waals surface area contributed by atoms with Crippen LogP contribution in [0, 0.1) is 10.1 Å². The molecule has 0 saturated carbocycles. The van der Waals surface area contributed by atoms with E-state index in [9.17, 15) is 23.3 Å². The SMILES string of the molecule is CC1(C)CC(Nc2cc(OC(F)(F)F)c(Br)cc2[N+](=O)[O-])CC(C)(C)O1. The van der Waals surface area contributed by atoms with Crippen molar-refractivity contribution < 1.29 is 27.6 Å². The highest BCUT2D eigenvalue weighted by atomic mass is 79.9. The lowest BCUT2D eigenvalue weighted by Gasteiger charge is -2.45. The normalized spacial score (nSPS) is 19.8. The number of nitro benzene ring substituents is 1. The van der Waals surface area contributed by atoms with Crippen LogP contribution in [0.2, 0.25) is 0 Å². The van der Waals surface area contributed by atoms with Gasteiger partial charge in [0.1, 0.15) is 11.4 Å². The van der Waals surface area contributed by atoms with Crippen molar-refractivity contribution in [1.82, 2.24) is 0 Å². The van der Waals surface area contributed by atoms with Crippen LogP contribution in [0.5, 0.6) is 5.75 Å². The molecule has 1 fully saturated rings. The molecule has 0 unspecified atom stereocenters. The molecule has 2 rings (SSSR count).